The third kappa shape index (κ3) is 2.55. The number of hydrogen-bond donors (Lipinski definition) is 0. The first-order valence-corrected chi connectivity index (χ1v) is 6.22. The van der Waals surface area contributed by atoms with Crippen molar-refractivity contribution in [3.8, 4) is 5.75 Å². The second kappa shape index (κ2) is 5.06. The van der Waals surface area contributed by atoms with Crippen molar-refractivity contribution in [1.29, 1.82) is 0 Å². The van der Waals surface area contributed by atoms with Gasteiger partial charge in [-0.3, -0.25) is 9.78 Å². The van der Waals surface area contributed by atoms with E-state index in [9.17, 15) is 4.79 Å². The highest BCUT2D eigenvalue weighted by molar-refractivity contribution is 6.05. The third-order valence-corrected chi connectivity index (χ3v) is 3.06. The van der Waals surface area contributed by atoms with Crippen molar-refractivity contribution >= 4 is 11.9 Å². The van der Waals surface area contributed by atoms with Crippen molar-refractivity contribution in [3.63, 3.8) is 0 Å². The SMILES string of the molecule is O=C(/C=C/c1ccc2c(c1)CCO2)c1ccccn1. The molecule has 0 unspecified atom stereocenters. The number of aromatic nitrogens is 1. The second-order valence-electron chi connectivity index (χ2n) is 4.38. The lowest BCUT2D eigenvalue weighted by Crippen LogP contribution is -1.96. The molecule has 1 aromatic heterocycles. The summed E-state index contributed by atoms with van der Waals surface area (Å²) in [6.07, 6.45) is 5.93. The first kappa shape index (κ1) is 11.7. The van der Waals surface area contributed by atoms with Crippen molar-refractivity contribution in [1.82, 2.24) is 4.98 Å². The van der Waals surface area contributed by atoms with Crippen molar-refractivity contribution < 1.29 is 9.53 Å². The highest BCUT2D eigenvalue weighted by Gasteiger charge is 2.11. The topological polar surface area (TPSA) is 39.2 Å². The van der Waals surface area contributed by atoms with E-state index < -0.39 is 0 Å². The molecule has 3 nitrogen and oxygen atoms in total. The molecule has 0 saturated heterocycles. The molecular formula is C16H13NO2. The highest BCUT2D eigenvalue weighted by Crippen LogP contribution is 2.26. The normalized spacial score (nSPS) is 13.3. The fourth-order valence-corrected chi connectivity index (χ4v) is 2.08. The van der Waals surface area contributed by atoms with E-state index in [1.165, 1.54) is 5.56 Å². The summed E-state index contributed by atoms with van der Waals surface area (Å²) in [5.74, 6) is 0.866. The number of hydrogen-bond acceptors (Lipinski definition) is 3. The Morgan fingerprint density at radius 1 is 1.26 bits per heavy atom. The molecule has 1 aliphatic heterocycles. The lowest BCUT2D eigenvalue weighted by Gasteiger charge is -1.99. The van der Waals surface area contributed by atoms with Gasteiger partial charge in [-0.2, -0.15) is 0 Å². The van der Waals surface area contributed by atoms with Crippen molar-refractivity contribution in [2.24, 2.45) is 0 Å². The maximum Gasteiger partial charge on any atom is 0.204 e. The lowest BCUT2D eigenvalue weighted by atomic mass is 10.1. The molecule has 0 N–H and O–H groups in total. The largest absolute Gasteiger partial charge is 0.493 e. The second-order valence-corrected chi connectivity index (χ2v) is 4.38. The molecule has 1 aromatic carbocycles. The fraction of sp³-hybridized carbons (Fsp3) is 0.125. The van der Waals surface area contributed by atoms with E-state index in [2.05, 4.69) is 11.1 Å². The zero-order valence-corrected chi connectivity index (χ0v) is 10.4. The zero-order valence-electron chi connectivity index (χ0n) is 10.4. The number of allylic oxidation sites excluding steroid dienone is 1. The first-order chi connectivity index (χ1) is 9.33. The Bertz CT molecular complexity index is 632. The molecule has 2 heterocycles. The van der Waals surface area contributed by atoms with Crippen LogP contribution in [0.1, 0.15) is 21.6 Å². The van der Waals surface area contributed by atoms with Gasteiger partial charge in [-0.05, 0) is 41.5 Å². The maximum absolute atomic E-state index is 11.9. The third-order valence-electron chi connectivity index (χ3n) is 3.06. The molecular weight excluding hydrogens is 238 g/mol. The van der Waals surface area contributed by atoms with Gasteiger partial charge in [0, 0.05) is 12.6 Å². The van der Waals surface area contributed by atoms with Gasteiger partial charge in [-0.1, -0.05) is 18.2 Å². The summed E-state index contributed by atoms with van der Waals surface area (Å²) < 4.78 is 5.45. The predicted octanol–water partition coefficient (Wildman–Crippen LogP) is 2.91. The number of fused-ring (bicyclic) bond motifs is 1. The van der Waals surface area contributed by atoms with Crippen molar-refractivity contribution in [3.05, 3.63) is 65.5 Å². The van der Waals surface area contributed by atoms with Crippen LogP contribution in [-0.4, -0.2) is 17.4 Å². The van der Waals surface area contributed by atoms with Crippen molar-refractivity contribution in [2.45, 2.75) is 6.42 Å². The van der Waals surface area contributed by atoms with E-state index in [0.717, 1.165) is 24.3 Å². The van der Waals surface area contributed by atoms with E-state index in [1.54, 1.807) is 30.5 Å². The van der Waals surface area contributed by atoms with Gasteiger partial charge in [0.2, 0.25) is 5.78 Å². The standard InChI is InChI=1S/C16H13NO2/c18-15(14-3-1-2-9-17-14)6-4-12-5-7-16-13(11-12)8-10-19-16/h1-7,9,11H,8,10H2/b6-4+. The van der Waals surface area contributed by atoms with Crippen LogP contribution in [-0.2, 0) is 6.42 Å². The van der Waals surface area contributed by atoms with E-state index in [-0.39, 0.29) is 5.78 Å². The van der Waals surface area contributed by atoms with Gasteiger partial charge in [0.25, 0.3) is 0 Å². The summed E-state index contributed by atoms with van der Waals surface area (Å²) in [6, 6.07) is 11.3. The Kier molecular flexibility index (Phi) is 3.11. The number of carbonyl (C=O) groups is 1. The summed E-state index contributed by atoms with van der Waals surface area (Å²) in [5.41, 5.74) is 2.67. The number of pyridine rings is 1. The molecule has 0 amide bonds. The quantitative estimate of drug-likeness (QED) is 0.622. The van der Waals surface area contributed by atoms with Gasteiger partial charge in [-0.25, -0.2) is 0 Å². The summed E-state index contributed by atoms with van der Waals surface area (Å²) in [4.78, 5) is 15.9. The Hall–Kier alpha value is -2.42. The average molecular weight is 251 g/mol. The van der Waals surface area contributed by atoms with E-state index in [0.29, 0.717) is 5.69 Å². The fourth-order valence-electron chi connectivity index (χ4n) is 2.08. The number of nitrogens with zero attached hydrogens (tertiary/aromatic N) is 1. The summed E-state index contributed by atoms with van der Waals surface area (Å²) in [5, 5.41) is 0. The number of ketones is 1. The molecule has 3 heteroatoms. The van der Waals surface area contributed by atoms with Gasteiger partial charge in [0.05, 0.1) is 6.61 Å². The Morgan fingerprint density at radius 2 is 2.21 bits per heavy atom. The summed E-state index contributed by atoms with van der Waals surface area (Å²) >= 11 is 0. The van der Waals surface area contributed by atoms with Crippen LogP contribution in [0.5, 0.6) is 5.75 Å². The monoisotopic (exact) mass is 251 g/mol. The van der Waals surface area contributed by atoms with Crippen LogP contribution in [0.15, 0.2) is 48.7 Å². The molecule has 0 spiro atoms. The van der Waals surface area contributed by atoms with Crippen LogP contribution in [0.3, 0.4) is 0 Å². The molecule has 0 atom stereocenters. The van der Waals surface area contributed by atoms with E-state index >= 15 is 0 Å². The van der Waals surface area contributed by atoms with Crippen LogP contribution >= 0.6 is 0 Å². The minimum absolute atomic E-state index is 0.0858. The molecule has 3 rings (SSSR count). The Balaban J connectivity index is 1.78. The van der Waals surface area contributed by atoms with Gasteiger partial charge in [0.1, 0.15) is 11.4 Å². The molecule has 94 valence electrons. The maximum atomic E-state index is 11.9. The first-order valence-electron chi connectivity index (χ1n) is 6.22. The number of benzene rings is 1. The molecule has 2 aromatic rings. The highest BCUT2D eigenvalue weighted by atomic mass is 16.5. The Morgan fingerprint density at radius 3 is 3.05 bits per heavy atom. The van der Waals surface area contributed by atoms with E-state index in [4.69, 9.17) is 4.74 Å². The number of carbonyl (C=O) groups excluding carboxylic acids is 1. The number of ether oxygens (including phenoxy) is 1. The van der Waals surface area contributed by atoms with Crippen LogP contribution in [0.25, 0.3) is 6.08 Å². The minimum Gasteiger partial charge on any atom is -0.493 e. The molecule has 0 fully saturated rings. The van der Waals surface area contributed by atoms with Crippen molar-refractivity contribution in [2.75, 3.05) is 6.61 Å². The van der Waals surface area contributed by atoms with E-state index in [1.807, 2.05) is 18.2 Å². The summed E-state index contributed by atoms with van der Waals surface area (Å²) in [6.45, 7) is 0.745. The molecule has 1 aliphatic rings. The van der Waals surface area contributed by atoms with Crippen LogP contribution in [0, 0.1) is 0 Å². The zero-order chi connectivity index (χ0) is 13.1. The van der Waals surface area contributed by atoms with Crippen LogP contribution in [0.4, 0.5) is 0 Å². The molecule has 19 heavy (non-hydrogen) atoms. The predicted molar refractivity (Wildman–Crippen MR) is 73.2 cm³/mol. The molecule has 0 saturated carbocycles. The van der Waals surface area contributed by atoms with Gasteiger partial charge < -0.3 is 4.74 Å². The average Bonchev–Trinajstić information content (AvgIpc) is 2.93. The summed E-state index contributed by atoms with van der Waals surface area (Å²) in [7, 11) is 0. The van der Waals surface area contributed by atoms with Gasteiger partial charge in [0.15, 0.2) is 0 Å². The smallest absolute Gasteiger partial charge is 0.204 e. The molecule has 0 bridgehead atoms. The minimum atomic E-state index is -0.0858. The molecule has 0 aliphatic carbocycles. The van der Waals surface area contributed by atoms with Crippen LogP contribution in [0.2, 0.25) is 0 Å². The Labute approximate surface area is 111 Å². The number of rotatable bonds is 3. The van der Waals surface area contributed by atoms with Gasteiger partial charge in [-0.15, -0.1) is 0 Å². The lowest BCUT2D eigenvalue weighted by molar-refractivity contribution is 0.104. The molecule has 0 radical (unpaired) electrons. The van der Waals surface area contributed by atoms with Gasteiger partial charge >= 0.3 is 0 Å². The van der Waals surface area contributed by atoms with Crippen LogP contribution < -0.4 is 4.74 Å².